The van der Waals surface area contributed by atoms with Crippen LogP contribution in [0.15, 0.2) is 89.4 Å². The molecule has 0 bridgehead atoms. The Morgan fingerprint density at radius 3 is 2.12 bits per heavy atom. The summed E-state index contributed by atoms with van der Waals surface area (Å²) in [5.41, 5.74) is 2.74. The largest absolute Gasteiger partial charge is 0.350 e. The second-order valence-corrected chi connectivity index (χ2v) is 8.59. The molecule has 6 heteroatoms. The van der Waals surface area contributed by atoms with E-state index in [0.29, 0.717) is 12.2 Å². The fourth-order valence-electron chi connectivity index (χ4n) is 3.50. The number of hydrogen-bond acceptors (Lipinski definition) is 2. The molecule has 0 saturated carbocycles. The van der Waals surface area contributed by atoms with Crippen molar-refractivity contribution in [2.75, 3.05) is 11.9 Å². The van der Waals surface area contributed by atoms with Gasteiger partial charge < -0.3 is 15.5 Å². The van der Waals surface area contributed by atoms with E-state index in [-0.39, 0.29) is 30.4 Å². The van der Waals surface area contributed by atoms with Gasteiger partial charge in [-0.15, -0.1) is 0 Å². The molecular weight excluding hydrogens is 466 g/mol. The predicted octanol–water partition coefficient (Wildman–Crippen LogP) is 6.31. The molecule has 0 aliphatic rings. The third-order valence-electron chi connectivity index (χ3n) is 5.34. The smallest absolute Gasteiger partial charge is 0.322 e. The van der Waals surface area contributed by atoms with Crippen molar-refractivity contribution in [3.63, 3.8) is 0 Å². The Labute approximate surface area is 198 Å². The quantitative estimate of drug-likeness (QED) is 0.386. The molecule has 2 N–H and O–H groups in total. The number of amides is 3. The number of nitrogens with one attached hydrogen (secondary N) is 2. The summed E-state index contributed by atoms with van der Waals surface area (Å²) in [4.78, 5) is 27.5. The van der Waals surface area contributed by atoms with Crippen LogP contribution in [-0.2, 0) is 4.79 Å². The van der Waals surface area contributed by atoms with Crippen LogP contribution in [0, 0.1) is 0 Å². The fourth-order valence-corrected chi connectivity index (χ4v) is 3.90. The first-order valence-electron chi connectivity index (χ1n) is 10.7. The van der Waals surface area contributed by atoms with E-state index in [1.165, 1.54) is 0 Å². The second-order valence-electron chi connectivity index (χ2n) is 7.67. The minimum Gasteiger partial charge on any atom is -0.350 e. The first kappa shape index (κ1) is 23.5. The van der Waals surface area contributed by atoms with Gasteiger partial charge in [-0.25, -0.2) is 4.79 Å². The number of carbonyl (C=O) groups excluding carboxylic acids is 2. The zero-order chi connectivity index (χ0) is 22.9. The number of benzene rings is 3. The van der Waals surface area contributed by atoms with Crippen LogP contribution >= 0.6 is 15.9 Å². The van der Waals surface area contributed by atoms with Crippen LogP contribution in [-0.4, -0.2) is 23.4 Å². The molecule has 5 nitrogen and oxygen atoms in total. The molecule has 0 aromatic heterocycles. The summed E-state index contributed by atoms with van der Waals surface area (Å²) >= 11 is 3.43. The van der Waals surface area contributed by atoms with Crippen LogP contribution < -0.4 is 10.6 Å². The van der Waals surface area contributed by atoms with E-state index in [0.717, 1.165) is 15.6 Å². The minimum absolute atomic E-state index is 0.0955. The van der Waals surface area contributed by atoms with Crippen molar-refractivity contribution in [1.29, 1.82) is 0 Å². The molecule has 3 amide bonds. The van der Waals surface area contributed by atoms with E-state index >= 15 is 0 Å². The molecule has 0 heterocycles. The van der Waals surface area contributed by atoms with Crippen molar-refractivity contribution in [3.8, 4) is 0 Å². The van der Waals surface area contributed by atoms with Gasteiger partial charge in [0.1, 0.15) is 0 Å². The number of urea groups is 1. The summed E-state index contributed by atoms with van der Waals surface area (Å²) in [5.74, 6) is -0.0955. The lowest BCUT2D eigenvalue weighted by molar-refractivity contribution is -0.122. The highest BCUT2D eigenvalue weighted by molar-refractivity contribution is 9.10. The van der Waals surface area contributed by atoms with Gasteiger partial charge in [-0.2, -0.15) is 0 Å². The molecule has 3 rings (SSSR count). The summed E-state index contributed by atoms with van der Waals surface area (Å²) in [6.45, 7) is 4.22. The average Bonchev–Trinajstić information content (AvgIpc) is 2.80. The molecule has 32 heavy (non-hydrogen) atoms. The summed E-state index contributed by atoms with van der Waals surface area (Å²) in [6, 6.07) is 26.6. The van der Waals surface area contributed by atoms with E-state index in [9.17, 15) is 9.59 Å². The van der Waals surface area contributed by atoms with Crippen LogP contribution in [0.1, 0.15) is 43.5 Å². The first-order chi connectivity index (χ1) is 15.4. The van der Waals surface area contributed by atoms with Gasteiger partial charge in [0, 0.05) is 23.1 Å². The number of rotatable bonds is 8. The van der Waals surface area contributed by atoms with Crippen LogP contribution in [0.3, 0.4) is 0 Å². The van der Waals surface area contributed by atoms with Gasteiger partial charge >= 0.3 is 6.03 Å². The van der Waals surface area contributed by atoms with Gasteiger partial charge in [0.05, 0.1) is 12.1 Å². The summed E-state index contributed by atoms with van der Waals surface area (Å²) in [6.07, 6.45) is 0.209. The summed E-state index contributed by atoms with van der Waals surface area (Å²) < 4.78 is 0.882. The van der Waals surface area contributed by atoms with Crippen LogP contribution in [0.2, 0.25) is 0 Å². The van der Waals surface area contributed by atoms with E-state index in [1.807, 2.05) is 98.8 Å². The molecule has 0 radical (unpaired) electrons. The Hall–Kier alpha value is -3.12. The van der Waals surface area contributed by atoms with Crippen LogP contribution in [0.25, 0.3) is 0 Å². The summed E-state index contributed by atoms with van der Waals surface area (Å²) in [7, 11) is 0. The fraction of sp³-hybridized carbons (Fsp3) is 0.231. The molecule has 2 atom stereocenters. The molecule has 0 spiro atoms. The maximum Gasteiger partial charge on any atom is 0.322 e. The number of nitrogens with zero attached hydrogens (tertiary/aromatic N) is 1. The summed E-state index contributed by atoms with van der Waals surface area (Å²) in [5, 5.41) is 5.97. The molecule has 0 saturated heterocycles. The molecule has 0 aliphatic heterocycles. The second kappa shape index (κ2) is 11.5. The number of carbonyl (C=O) groups is 2. The van der Waals surface area contributed by atoms with E-state index in [4.69, 9.17) is 0 Å². The molecule has 0 aliphatic carbocycles. The highest BCUT2D eigenvalue weighted by Crippen LogP contribution is 2.23. The molecular formula is C26H28BrN3O2. The highest BCUT2D eigenvalue weighted by atomic mass is 79.9. The van der Waals surface area contributed by atoms with Gasteiger partial charge in [0.25, 0.3) is 0 Å². The van der Waals surface area contributed by atoms with Crippen LogP contribution in [0.5, 0.6) is 0 Å². The predicted molar refractivity (Wildman–Crippen MR) is 132 cm³/mol. The van der Waals surface area contributed by atoms with Crippen molar-refractivity contribution >= 4 is 33.6 Å². The normalized spacial score (nSPS) is 12.5. The van der Waals surface area contributed by atoms with E-state index < -0.39 is 0 Å². The number of halogens is 1. The molecule has 2 unspecified atom stereocenters. The van der Waals surface area contributed by atoms with Crippen molar-refractivity contribution in [1.82, 2.24) is 10.2 Å². The topological polar surface area (TPSA) is 61.4 Å². The van der Waals surface area contributed by atoms with Gasteiger partial charge in [0.2, 0.25) is 5.91 Å². The number of anilines is 1. The molecule has 166 valence electrons. The molecule has 0 fully saturated rings. The Morgan fingerprint density at radius 1 is 0.875 bits per heavy atom. The lowest BCUT2D eigenvalue weighted by Gasteiger charge is -2.30. The highest BCUT2D eigenvalue weighted by Gasteiger charge is 2.23. The lowest BCUT2D eigenvalue weighted by Crippen LogP contribution is -2.40. The van der Waals surface area contributed by atoms with Crippen molar-refractivity contribution in [2.24, 2.45) is 0 Å². The maximum atomic E-state index is 13.2. The Bertz CT molecular complexity index is 1030. The zero-order valence-corrected chi connectivity index (χ0v) is 19.9. The van der Waals surface area contributed by atoms with Crippen molar-refractivity contribution in [3.05, 3.63) is 101 Å². The third-order valence-corrected chi connectivity index (χ3v) is 5.84. The third kappa shape index (κ3) is 6.69. The maximum absolute atomic E-state index is 13.2. The molecule has 3 aromatic rings. The Kier molecular flexibility index (Phi) is 8.45. The average molecular weight is 494 g/mol. The zero-order valence-electron chi connectivity index (χ0n) is 18.3. The standard InChI is InChI=1S/C26H28BrN3O2/c1-19(21-10-5-3-6-11-21)28-25(31)16-17-30(20(2)22-12-7-4-8-13-22)26(32)29-24-15-9-14-23(27)18-24/h3-15,18-20H,16-17H2,1-2H3,(H,28,31)(H,29,32). The van der Waals surface area contributed by atoms with E-state index in [1.54, 1.807) is 4.90 Å². The minimum atomic E-state index is -0.247. The van der Waals surface area contributed by atoms with E-state index in [2.05, 4.69) is 26.6 Å². The van der Waals surface area contributed by atoms with Gasteiger partial charge in [-0.05, 0) is 43.2 Å². The van der Waals surface area contributed by atoms with Crippen molar-refractivity contribution < 1.29 is 9.59 Å². The SMILES string of the molecule is CC(NC(=O)CCN(C(=O)Nc1cccc(Br)c1)C(C)c1ccccc1)c1ccccc1. The number of hydrogen-bond donors (Lipinski definition) is 2. The Morgan fingerprint density at radius 2 is 1.50 bits per heavy atom. The first-order valence-corrected chi connectivity index (χ1v) is 11.5. The van der Waals surface area contributed by atoms with Gasteiger partial charge in [-0.1, -0.05) is 82.7 Å². The van der Waals surface area contributed by atoms with Crippen molar-refractivity contribution in [2.45, 2.75) is 32.4 Å². The van der Waals surface area contributed by atoms with Crippen LogP contribution in [0.4, 0.5) is 10.5 Å². The Balaban J connectivity index is 1.69. The molecule has 3 aromatic carbocycles. The lowest BCUT2D eigenvalue weighted by atomic mass is 10.1. The van der Waals surface area contributed by atoms with Gasteiger partial charge in [0.15, 0.2) is 0 Å². The monoisotopic (exact) mass is 493 g/mol. The van der Waals surface area contributed by atoms with Gasteiger partial charge in [-0.3, -0.25) is 4.79 Å².